The molecule has 1 heterocycles. The summed E-state index contributed by atoms with van der Waals surface area (Å²) in [4.78, 5) is 0. The molecule has 0 aromatic rings. The topological polar surface area (TPSA) is 38.0 Å². The van der Waals surface area contributed by atoms with Crippen molar-refractivity contribution in [3.8, 4) is 0 Å². The summed E-state index contributed by atoms with van der Waals surface area (Å²) < 4.78 is 0. The quantitative estimate of drug-likeness (QED) is 0.628. The second-order valence-electron chi connectivity index (χ2n) is 3.78. The number of hydrogen-bond donors (Lipinski definition) is 2. The Morgan fingerprint density at radius 3 is 3.09 bits per heavy atom. The molecule has 0 bridgehead atoms. The van der Waals surface area contributed by atoms with Crippen LogP contribution in [0.3, 0.4) is 0 Å². The lowest BCUT2D eigenvalue weighted by atomic mass is 9.96. The van der Waals surface area contributed by atoms with Crippen LogP contribution >= 0.6 is 0 Å². The molecule has 0 saturated carbocycles. The van der Waals surface area contributed by atoms with E-state index in [0.29, 0.717) is 6.04 Å². The van der Waals surface area contributed by atoms with Crippen molar-refractivity contribution in [2.45, 2.75) is 38.6 Å². The first-order chi connectivity index (χ1) is 5.29. The van der Waals surface area contributed by atoms with E-state index >= 15 is 0 Å². The fourth-order valence-electron chi connectivity index (χ4n) is 1.82. The molecule has 0 aromatic heterocycles. The predicted molar refractivity (Wildman–Crippen MR) is 48.5 cm³/mol. The Balaban J connectivity index is 2.20. The molecule has 1 fully saturated rings. The molecule has 66 valence electrons. The average Bonchev–Trinajstić information content (AvgIpc) is 2.14. The molecular formula is C9H20N2. The zero-order valence-electron chi connectivity index (χ0n) is 7.47. The third-order valence-electron chi connectivity index (χ3n) is 2.35. The number of nitrogens with two attached hydrogens (primary N) is 1. The highest BCUT2D eigenvalue weighted by Gasteiger charge is 2.12. The third kappa shape index (κ3) is 3.73. The standard InChI is InChI=1S/C9H20N2/c1-8(10)6-9-4-2-3-5-11-7-9/h8-9,11H,2-7,10H2,1H3. The first kappa shape index (κ1) is 9.01. The highest BCUT2D eigenvalue weighted by molar-refractivity contribution is 4.70. The maximum atomic E-state index is 5.75. The van der Waals surface area contributed by atoms with E-state index in [1.165, 1.54) is 38.8 Å². The van der Waals surface area contributed by atoms with Gasteiger partial charge >= 0.3 is 0 Å². The van der Waals surface area contributed by atoms with Crippen molar-refractivity contribution in [3.63, 3.8) is 0 Å². The average molecular weight is 156 g/mol. The number of nitrogens with one attached hydrogen (secondary N) is 1. The SMILES string of the molecule is CC(N)CC1CCCCNC1. The molecule has 1 aliphatic rings. The van der Waals surface area contributed by atoms with Gasteiger partial charge in [0, 0.05) is 6.04 Å². The monoisotopic (exact) mass is 156 g/mol. The molecule has 2 nitrogen and oxygen atoms in total. The van der Waals surface area contributed by atoms with Crippen LogP contribution in [0.5, 0.6) is 0 Å². The first-order valence-corrected chi connectivity index (χ1v) is 4.75. The van der Waals surface area contributed by atoms with Gasteiger partial charge in [0.2, 0.25) is 0 Å². The van der Waals surface area contributed by atoms with E-state index in [0.717, 1.165) is 5.92 Å². The summed E-state index contributed by atoms with van der Waals surface area (Å²) in [6.07, 6.45) is 5.28. The van der Waals surface area contributed by atoms with E-state index < -0.39 is 0 Å². The molecule has 2 heteroatoms. The van der Waals surface area contributed by atoms with Crippen LogP contribution in [0.2, 0.25) is 0 Å². The Morgan fingerprint density at radius 1 is 1.55 bits per heavy atom. The molecule has 0 aliphatic carbocycles. The summed E-state index contributed by atoms with van der Waals surface area (Å²) >= 11 is 0. The molecule has 3 N–H and O–H groups in total. The summed E-state index contributed by atoms with van der Waals surface area (Å²) in [5.74, 6) is 0.831. The molecule has 0 aromatic carbocycles. The van der Waals surface area contributed by atoms with Gasteiger partial charge in [-0.15, -0.1) is 0 Å². The van der Waals surface area contributed by atoms with Crippen LogP contribution in [0.4, 0.5) is 0 Å². The molecule has 2 atom stereocenters. The molecular weight excluding hydrogens is 136 g/mol. The Morgan fingerprint density at radius 2 is 2.36 bits per heavy atom. The van der Waals surface area contributed by atoms with Gasteiger partial charge in [0.15, 0.2) is 0 Å². The van der Waals surface area contributed by atoms with Crippen LogP contribution in [-0.2, 0) is 0 Å². The van der Waals surface area contributed by atoms with E-state index in [4.69, 9.17) is 5.73 Å². The van der Waals surface area contributed by atoms with Crippen molar-refractivity contribution in [1.82, 2.24) is 5.32 Å². The summed E-state index contributed by atoms with van der Waals surface area (Å²) in [5.41, 5.74) is 5.75. The number of hydrogen-bond acceptors (Lipinski definition) is 2. The van der Waals surface area contributed by atoms with Gasteiger partial charge < -0.3 is 11.1 Å². The van der Waals surface area contributed by atoms with Gasteiger partial charge in [-0.1, -0.05) is 6.42 Å². The van der Waals surface area contributed by atoms with Crippen molar-refractivity contribution in [2.75, 3.05) is 13.1 Å². The minimum absolute atomic E-state index is 0.375. The normalized spacial score (nSPS) is 29.5. The molecule has 1 rings (SSSR count). The summed E-state index contributed by atoms with van der Waals surface area (Å²) in [5, 5.41) is 3.45. The van der Waals surface area contributed by atoms with Crippen LogP contribution in [0.15, 0.2) is 0 Å². The van der Waals surface area contributed by atoms with Gasteiger partial charge in [0.05, 0.1) is 0 Å². The molecule has 0 amide bonds. The van der Waals surface area contributed by atoms with Crippen molar-refractivity contribution < 1.29 is 0 Å². The first-order valence-electron chi connectivity index (χ1n) is 4.75. The van der Waals surface area contributed by atoms with Crippen molar-refractivity contribution >= 4 is 0 Å². The molecule has 0 radical (unpaired) electrons. The predicted octanol–water partition coefficient (Wildman–Crippen LogP) is 1.11. The van der Waals surface area contributed by atoms with Gasteiger partial charge in [-0.3, -0.25) is 0 Å². The number of rotatable bonds is 2. The smallest absolute Gasteiger partial charge is 0.00135 e. The van der Waals surface area contributed by atoms with E-state index in [-0.39, 0.29) is 0 Å². The largest absolute Gasteiger partial charge is 0.328 e. The summed E-state index contributed by atoms with van der Waals surface area (Å²) in [6.45, 7) is 4.49. The molecule has 2 unspecified atom stereocenters. The lowest BCUT2D eigenvalue weighted by Crippen LogP contribution is -2.26. The second kappa shape index (κ2) is 4.73. The molecule has 11 heavy (non-hydrogen) atoms. The molecule has 0 spiro atoms. The summed E-state index contributed by atoms with van der Waals surface area (Å²) in [7, 11) is 0. The van der Waals surface area contributed by atoms with Gasteiger partial charge in [0.25, 0.3) is 0 Å². The van der Waals surface area contributed by atoms with Crippen molar-refractivity contribution in [1.29, 1.82) is 0 Å². The Kier molecular flexibility index (Phi) is 3.87. The lowest BCUT2D eigenvalue weighted by molar-refractivity contribution is 0.415. The van der Waals surface area contributed by atoms with Crippen LogP contribution in [-0.4, -0.2) is 19.1 Å². The zero-order valence-corrected chi connectivity index (χ0v) is 7.47. The molecule has 1 aliphatic heterocycles. The Bertz CT molecular complexity index is 93.7. The van der Waals surface area contributed by atoms with E-state index in [1.54, 1.807) is 0 Å². The van der Waals surface area contributed by atoms with Gasteiger partial charge in [-0.2, -0.15) is 0 Å². The minimum atomic E-state index is 0.375. The fraction of sp³-hybridized carbons (Fsp3) is 1.00. The van der Waals surface area contributed by atoms with E-state index in [9.17, 15) is 0 Å². The van der Waals surface area contributed by atoms with Crippen molar-refractivity contribution in [2.24, 2.45) is 11.7 Å². The zero-order chi connectivity index (χ0) is 8.10. The van der Waals surface area contributed by atoms with E-state index in [1.807, 2.05) is 0 Å². The fourth-order valence-corrected chi connectivity index (χ4v) is 1.82. The van der Waals surface area contributed by atoms with E-state index in [2.05, 4.69) is 12.2 Å². The Labute approximate surface area is 69.5 Å². The minimum Gasteiger partial charge on any atom is -0.328 e. The third-order valence-corrected chi connectivity index (χ3v) is 2.35. The van der Waals surface area contributed by atoms with Gasteiger partial charge in [-0.25, -0.2) is 0 Å². The maximum absolute atomic E-state index is 5.75. The van der Waals surface area contributed by atoms with Crippen molar-refractivity contribution in [3.05, 3.63) is 0 Å². The lowest BCUT2D eigenvalue weighted by Gasteiger charge is -2.15. The maximum Gasteiger partial charge on any atom is 0.00135 e. The van der Waals surface area contributed by atoms with Gasteiger partial charge in [-0.05, 0) is 45.2 Å². The molecule has 1 saturated heterocycles. The summed E-state index contributed by atoms with van der Waals surface area (Å²) in [6, 6.07) is 0.375. The van der Waals surface area contributed by atoms with Crippen LogP contribution in [0.25, 0.3) is 0 Å². The second-order valence-corrected chi connectivity index (χ2v) is 3.78. The van der Waals surface area contributed by atoms with Crippen LogP contribution in [0, 0.1) is 5.92 Å². The van der Waals surface area contributed by atoms with Crippen LogP contribution in [0.1, 0.15) is 32.6 Å². The highest BCUT2D eigenvalue weighted by Crippen LogP contribution is 2.15. The van der Waals surface area contributed by atoms with Crippen LogP contribution < -0.4 is 11.1 Å². The highest BCUT2D eigenvalue weighted by atomic mass is 14.9. The van der Waals surface area contributed by atoms with Gasteiger partial charge in [0.1, 0.15) is 0 Å². The Hall–Kier alpha value is -0.0800.